The maximum absolute atomic E-state index is 10.1. The first-order valence-electron chi connectivity index (χ1n) is 3.07. The van der Waals surface area contributed by atoms with Gasteiger partial charge in [0.15, 0.2) is 0 Å². The molecule has 0 rings (SSSR count). The van der Waals surface area contributed by atoms with Gasteiger partial charge >= 0.3 is 5.97 Å². The predicted octanol–water partition coefficient (Wildman–Crippen LogP) is -2.05. The molecule has 0 unspecified atom stereocenters. The normalized spacial score (nSPS) is 13.0. The summed E-state index contributed by atoms with van der Waals surface area (Å²) in [6.07, 6.45) is 0. The number of nitrogens with two attached hydrogens (primary N) is 2. The lowest BCUT2D eigenvalue weighted by atomic mass is 10.3. The van der Waals surface area contributed by atoms with Gasteiger partial charge in [0.1, 0.15) is 6.04 Å². The van der Waals surface area contributed by atoms with E-state index in [0.717, 1.165) is 0 Å². The van der Waals surface area contributed by atoms with Crippen molar-refractivity contribution in [3.63, 3.8) is 0 Å². The van der Waals surface area contributed by atoms with Gasteiger partial charge in [0.2, 0.25) is 0 Å². The maximum Gasteiger partial charge on any atom is 0.321 e. The highest BCUT2D eigenvalue weighted by atomic mass is 16.4. The number of carboxylic acid groups (broad SMARTS) is 1. The van der Waals surface area contributed by atoms with Gasteiger partial charge in [-0.2, -0.15) is 0 Å². The SMILES string of the molecule is NCCNC[C@@H](N)C(=O)O. The quantitative estimate of drug-likeness (QED) is 0.335. The average Bonchev–Trinajstić information content (AvgIpc) is 1.88. The zero-order chi connectivity index (χ0) is 7.98. The van der Waals surface area contributed by atoms with Crippen molar-refractivity contribution in [3.05, 3.63) is 0 Å². The number of rotatable bonds is 5. The van der Waals surface area contributed by atoms with Crippen molar-refractivity contribution < 1.29 is 9.90 Å². The number of nitrogens with one attached hydrogen (secondary N) is 1. The minimum Gasteiger partial charge on any atom is -0.480 e. The molecule has 0 saturated heterocycles. The molecule has 5 heteroatoms. The molecule has 10 heavy (non-hydrogen) atoms. The molecule has 0 aromatic heterocycles. The Morgan fingerprint density at radius 3 is 2.70 bits per heavy atom. The van der Waals surface area contributed by atoms with Crippen molar-refractivity contribution in [3.8, 4) is 0 Å². The summed E-state index contributed by atoms with van der Waals surface area (Å²) in [5.41, 5.74) is 10.3. The lowest BCUT2D eigenvalue weighted by Gasteiger charge is -2.05. The molecule has 6 N–H and O–H groups in total. The Kier molecular flexibility index (Phi) is 4.82. The molecule has 0 saturated carbocycles. The minimum atomic E-state index is -0.996. The summed E-state index contributed by atoms with van der Waals surface area (Å²) in [6.45, 7) is 1.36. The fraction of sp³-hybridized carbons (Fsp3) is 0.800. The molecular formula is C5H13N3O2. The van der Waals surface area contributed by atoms with Gasteiger partial charge < -0.3 is 21.9 Å². The summed E-state index contributed by atoms with van der Waals surface area (Å²) in [5.74, 6) is -0.996. The van der Waals surface area contributed by atoms with Gasteiger partial charge in [-0.25, -0.2) is 0 Å². The second-order valence-electron chi connectivity index (χ2n) is 1.94. The Balaban J connectivity index is 3.21. The molecule has 5 nitrogen and oxygen atoms in total. The molecule has 0 aromatic carbocycles. The number of hydrogen-bond donors (Lipinski definition) is 4. The van der Waals surface area contributed by atoms with Crippen molar-refractivity contribution in [1.82, 2.24) is 5.32 Å². The van der Waals surface area contributed by atoms with E-state index in [1.165, 1.54) is 0 Å². The Bertz CT molecular complexity index is 107. The monoisotopic (exact) mass is 147 g/mol. The summed E-state index contributed by atoms with van der Waals surface area (Å²) < 4.78 is 0. The van der Waals surface area contributed by atoms with Crippen LogP contribution in [-0.4, -0.2) is 36.8 Å². The van der Waals surface area contributed by atoms with E-state index < -0.39 is 12.0 Å². The van der Waals surface area contributed by atoms with E-state index in [2.05, 4.69) is 5.32 Å². The molecule has 0 radical (unpaired) electrons. The molecule has 0 aliphatic rings. The fourth-order valence-electron chi connectivity index (χ4n) is 0.447. The van der Waals surface area contributed by atoms with Gasteiger partial charge in [-0.1, -0.05) is 0 Å². The van der Waals surface area contributed by atoms with E-state index in [1.54, 1.807) is 0 Å². The molecule has 0 fully saturated rings. The van der Waals surface area contributed by atoms with Crippen LogP contribution in [0.2, 0.25) is 0 Å². The molecule has 0 amide bonds. The van der Waals surface area contributed by atoms with Crippen LogP contribution < -0.4 is 16.8 Å². The van der Waals surface area contributed by atoms with Crippen LogP contribution in [0.4, 0.5) is 0 Å². The largest absolute Gasteiger partial charge is 0.480 e. The highest BCUT2D eigenvalue weighted by Crippen LogP contribution is 1.73. The van der Waals surface area contributed by atoms with E-state index in [9.17, 15) is 4.79 Å². The molecule has 0 spiro atoms. The average molecular weight is 147 g/mol. The van der Waals surface area contributed by atoms with E-state index in [-0.39, 0.29) is 6.54 Å². The van der Waals surface area contributed by atoms with Gasteiger partial charge in [0.05, 0.1) is 0 Å². The van der Waals surface area contributed by atoms with Gasteiger partial charge in [0, 0.05) is 19.6 Å². The van der Waals surface area contributed by atoms with E-state index in [1.807, 2.05) is 0 Å². The molecular weight excluding hydrogens is 134 g/mol. The Morgan fingerprint density at radius 2 is 2.30 bits per heavy atom. The predicted molar refractivity (Wildman–Crippen MR) is 37.5 cm³/mol. The minimum absolute atomic E-state index is 0.270. The number of carboxylic acids is 1. The van der Waals surface area contributed by atoms with Crippen molar-refractivity contribution in [2.75, 3.05) is 19.6 Å². The zero-order valence-electron chi connectivity index (χ0n) is 5.71. The third-order valence-corrected chi connectivity index (χ3v) is 1.00. The van der Waals surface area contributed by atoms with Gasteiger partial charge in [0.25, 0.3) is 0 Å². The van der Waals surface area contributed by atoms with Crippen molar-refractivity contribution >= 4 is 5.97 Å². The first kappa shape index (κ1) is 9.35. The lowest BCUT2D eigenvalue weighted by molar-refractivity contribution is -0.138. The van der Waals surface area contributed by atoms with Crippen LogP contribution in [0.5, 0.6) is 0 Å². The topological polar surface area (TPSA) is 101 Å². The highest BCUT2D eigenvalue weighted by molar-refractivity contribution is 5.73. The first-order chi connectivity index (χ1) is 4.68. The Hall–Kier alpha value is -0.650. The van der Waals surface area contributed by atoms with Crippen LogP contribution in [0.25, 0.3) is 0 Å². The highest BCUT2D eigenvalue weighted by Gasteiger charge is 2.08. The smallest absolute Gasteiger partial charge is 0.321 e. The summed E-state index contributed by atoms with van der Waals surface area (Å²) in [5, 5.41) is 11.1. The van der Waals surface area contributed by atoms with Crippen LogP contribution >= 0.6 is 0 Å². The summed E-state index contributed by atoms with van der Waals surface area (Å²) in [4.78, 5) is 10.1. The van der Waals surface area contributed by atoms with Crippen molar-refractivity contribution in [1.29, 1.82) is 0 Å². The summed E-state index contributed by atoms with van der Waals surface area (Å²) in [6, 6.07) is -0.827. The van der Waals surface area contributed by atoms with Crippen molar-refractivity contribution in [2.24, 2.45) is 11.5 Å². The van der Waals surface area contributed by atoms with Crippen LogP contribution in [0.15, 0.2) is 0 Å². The molecule has 0 aromatic rings. The first-order valence-corrected chi connectivity index (χ1v) is 3.07. The molecule has 0 heterocycles. The van der Waals surface area contributed by atoms with Gasteiger partial charge in [-0.3, -0.25) is 4.79 Å². The van der Waals surface area contributed by atoms with E-state index >= 15 is 0 Å². The molecule has 0 aliphatic heterocycles. The Labute approximate surface area is 59.4 Å². The second-order valence-corrected chi connectivity index (χ2v) is 1.94. The van der Waals surface area contributed by atoms with E-state index in [4.69, 9.17) is 16.6 Å². The number of aliphatic carboxylic acids is 1. The third-order valence-electron chi connectivity index (χ3n) is 1.00. The van der Waals surface area contributed by atoms with E-state index in [0.29, 0.717) is 13.1 Å². The van der Waals surface area contributed by atoms with Gasteiger partial charge in [-0.05, 0) is 0 Å². The molecule has 0 aliphatic carbocycles. The number of hydrogen-bond acceptors (Lipinski definition) is 4. The standard InChI is InChI=1S/C5H13N3O2/c6-1-2-8-3-4(7)5(9)10/h4,8H,1-3,6-7H2,(H,9,10)/t4-/m1/s1. The second kappa shape index (κ2) is 5.16. The van der Waals surface area contributed by atoms with Gasteiger partial charge in [-0.15, -0.1) is 0 Å². The van der Waals surface area contributed by atoms with Crippen LogP contribution in [0, 0.1) is 0 Å². The lowest BCUT2D eigenvalue weighted by Crippen LogP contribution is -2.41. The van der Waals surface area contributed by atoms with Crippen molar-refractivity contribution in [2.45, 2.75) is 6.04 Å². The van der Waals surface area contributed by atoms with Crippen LogP contribution in [-0.2, 0) is 4.79 Å². The summed E-state index contributed by atoms with van der Waals surface area (Å²) >= 11 is 0. The third kappa shape index (κ3) is 4.25. The van der Waals surface area contributed by atoms with Crippen LogP contribution in [0.3, 0.4) is 0 Å². The summed E-state index contributed by atoms with van der Waals surface area (Å²) in [7, 11) is 0. The Morgan fingerprint density at radius 1 is 1.70 bits per heavy atom. The molecule has 0 bridgehead atoms. The maximum atomic E-state index is 10.1. The molecule has 60 valence electrons. The number of carbonyl (C=O) groups is 1. The molecule has 1 atom stereocenters. The zero-order valence-corrected chi connectivity index (χ0v) is 5.71. The van der Waals surface area contributed by atoms with Crippen LogP contribution in [0.1, 0.15) is 0 Å². The fourth-order valence-corrected chi connectivity index (χ4v) is 0.447.